The molecule has 0 aromatic heterocycles. The number of rotatable bonds is 5. The van der Waals surface area contributed by atoms with Gasteiger partial charge in [-0.2, -0.15) is 0 Å². The summed E-state index contributed by atoms with van der Waals surface area (Å²) in [7, 11) is 0. The van der Waals surface area contributed by atoms with E-state index in [1.807, 2.05) is 30.3 Å². The third-order valence-corrected chi connectivity index (χ3v) is 5.58. The number of hydrogen-bond acceptors (Lipinski definition) is 4. The second-order valence-corrected chi connectivity index (χ2v) is 6.97. The Morgan fingerprint density at radius 1 is 1.40 bits per heavy atom. The van der Waals surface area contributed by atoms with E-state index in [2.05, 4.69) is 0 Å². The van der Waals surface area contributed by atoms with Crippen LogP contribution in [0, 0.1) is 0 Å². The molecule has 1 saturated heterocycles. The molecular formula is C14H13NO3S2. The maximum atomic E-state index is 11.5. The zero-order valence-electron chi connectivity index (χ0n) is 10.6. The Balaban J connectivity index is 1.65. The van der Waals surface area contributed by atoms with Crippen LogP contribution in [0.25, 0.3) is 0 Å². The van der Waals surface area contributed by atoms with Crippen LogP contribution in [0.3, 0.4) is 0 Å². The fourth-order valence-electron chi connectivity index (χ4n) is 2.28. The van der Waals surface area contributed by atoms with E-state index in [1.165, 1.54) is 21.6 Å². The van der Waals surface area contributed by atoms with Crippen LogP contribution >= 0.6 is 23.5 Å². The standard InChI is InChI=1S/C14H13NO3S2/c16-11-8-12-15(11)13(14(17)18)10(20-12)6-7-19-9-4-2-1-3-5-9/h1-5,12H,6-8H2,(H,17,18). The summed E-state index contributed by atoms with van der Waals surface area (Å²) in [6.45, 7) is 0. The van der Waals surface area contributed by atoms with Crippen molar-refractivity contribution in [2.75, 3.05) is 5.75 Å². The van der Waals surface area contributed by atoms with Gasteiger partial charge in [-0.15, -0.1) is 23.5 Å². The van der Waals surface area contributed by atoms with Gasteiger partial charge in [0.05, 0.1) is 11.8 Å². The molecule has 1 fully saturated rings. The van der Waals surface area contributed by atoms with Gasteiger partial charge in [0.2, 0.25) is 5.91 Å². The monoisotopic (exact) mass is 307 g/mol. The lowest BCUT2D eigenvalue weighted by molar-refractivity contribution is -0.145. The molecule has 0 saturated carbocycles. The maximum absolute atomic E-state index is 11.5. The Hall–Kier alpha value is -1.40. The number of carboxylic acid groups (broad SMARTS) is 1. The first-order chi connectivity index (χ1) is 9.66. The summed E-state index contributed by atoms with van der Waals surface area (Å²) in [6.07, 6.45) is 1.14. The van der Waals surface area contributed by atoms with Crippen LogP contribution in [-0.2, 0) is 9.59 Å². The molecule has 4 nitrogen and oxygen atoms in total. The van der Waals surface area contributed by atoms with Gasteiger partial charge in [0.15, 0.2) is 0 Å². The summed E-state index contributed by atoms with van der Waals surface area (Å²) in [4.78, 5) is 26.2. The third kappa shape index (κ3) is 2.45. The van der Waals surface area contributed by atoms with E-state index >= 15 is 0 Å². The van der Waals surface area contributed by atoms with Crippen molar-refractivity contribution in [1.29, 1.82) is 0 Å². The molecule has 6 heteroatoms. The van der Waals surface area contributed by atoms with Gasteiger partial charge in [-0.3, -0.25) is 9.69 Å². The number of amides is 1. The Morgan fingerprint density at radius 3 is 2.80 bits per heavy atom. The van der Waals surface area contributed by atoms with Gasteiger partial charge in [0, 0.05) is 15.6 Å². The molecule has 0 bridgehead atoms. The summed E-state index contributed by atoms with van der Waals surface area (Å²) < 4.78 is 0. The van der Waals surface area contributed by atoms with Crippen molar-refractivity contribution in [2.45, 2.75) is 23.1 Å². The van der Waals surface area contributed by atoms with Crippen LogP contribution in [-0.4, -0.2) is 33.0 Å². The Bertz CT molecular complexity index is 585. The molecule has 104 valence electrons. The lowest BCUT2D eigenvalue weighted by atomic mass is 10.1. The molecule has 1 N–H and O–H groups in total. The van der Waals surface area contributed by atoms with E-state index in [0.717, 1.165) is 10.7 Å². The number of carbonyl (C=O) groups excluding carboxylic acids is 1. The average Bonchev–Trinajstić information content (AvgIpc) is 2.73. The summed E-state index contributed by atoms with van der Waals surface area (Å²) in [5, 5.41) is 9.29. The van der Waals surface area contributed by atoms with Crippen molar-refractivity contribution < 1.29 is 14.7 Å². The topological polar surface area (TPSA) is 57.6 Å². The molecule has 0 spiro atoms. The minimum Gasteiger partial charge on any atom is -0.477 e. The minimum atomic E-state index is -0.993. The van der Waals surface area contributed by atoms with Gasteiger partial charge in [-0.1, -0.05) is 18.2 Å². The highest BCUT2D eigenvalue weighted by molar-refractivity contribution is 8.04. The normalized spacial score (nSPS) is 20.9. The van der Waals surface area contributed by atoms with Crippen LogP contribution in [0.4, 0.5) is 0 Å². The van der Waals surface area contributed by atoms with Crippen LogP contribution in [0.15, 0.2) is 45.8 Å². The molecule has 3 rings (SSSR count). The predicted octanol–water partition coefficient (Wildman–Crippen LogP) is 2.77. The Labute approximate surface area is 125 Å². The third-order valence-electron chi connectivity index (χ3n) is 3.23. The number of nitrogens with zero attached hydrogens (tertiary/aromatic N) is 1. The van der Waals surface area contributed by atoms with E-state index in [0.29, 0.717) is 12.8 Å². The van der Waals surface area contributed by atoms with E-state index in [4.69, 9.17) is 0 Å². The van der Waals surface area contributed by atoms with Crippen molar-refractivity contribution in [3.63, 3.8) is 0 Å². The summed E-state index contributed by atoms with van der Waals surface area (Å²) in [5.74, 6) is -0.254. The fraction of sp³-hybridized carbons (Fsp3) is 0.286. The largest absolute Gasteiger partial charge is 0.477 e. The van der Waals surface area contributed by atoms with Gasteiger partial charge in [-0.25, -0.2) is 4.79 Å². The van der Waals surface area contributed by atoms with E-state index < -0.39 is 5.97 Å². The summed E-state index contributed by atoms with van der Waals surface area (Å²) in [5.41, 5.74) is 0.199. The van der Waals surface area contributed by atoms with Crippen molar-refractivity contribution in [3.05, 3.63) is 40.9 Å². The van der Waals surface area contributed by atoms with E-state index in [1.54, 1.807) is 11.8 Å². The average molecular weight is 307 g/mol. The van der Waals surface area contributed by atoms with Crippen molar-refractivity contribution in [2.24, 2.45) is 0 Å². The van der Waals surface area contributed by atoms with E-state index in [9.17, 15) is 14.7 Å². The van der Waals surface area contributed by atoms with Crippen molar-refractivity contribution in [3.8, 4) is 0 Å². The minimum absolute atomic E-state index is 0.0188. The number of carbonyl (C=O) groups is 2. The molecule has 20 heavy (non-hydrogen) atoms. The molecule has 1 unspecified atom stereocenters. The number of thioether (sulfide) groups is 2. The van der Waals surface area contributed by atoms with Crippen LogP contribution in [0.2, 0.25) is 0 Å². The highest BCUT2D eigenvalue weighted by Gasteiger charge is 2.47. The van der Waals surface area contributed by atoms with Crippen LogP contribution in [0.5, 0.6) is 0 Å². The lowest BCUT2D eigenvalue weighted by Crippen LogP contribution is -2.48. The van der Waals surface area contributed by atoms with Crippen molar-refractivity contribution >= 4 is 35.4 Å². The quantitative estimate of drug-likeness (QED) is 0.669. The molecule has 2 aliphatic heterocycles. The number of hydrogen-bond donors (Lipinski definition) is 1. The molecule has 0 radical (unpaired) electrons. The number of benzene rings is 1. The fourth-order valence-corrected chi connectivity index (χ4v) is 4.70. The predicted molar refractivity (Wildman–Crippen MR) is 79.3 cm³/mol. The number of carboxylic acids is 1. The second-order valence-electron chi connectivity index (χ2n) is 4.53. The molecule has 0 aliphatic carbocycles. The first-order valence-corrected chi connectivity index (χ1v) is 8.16. The summed E-state index contributed by atoms with van der Waals surface area (Å²) in [6, 6.07) is 10.0. The van der Waals surface area contributed by atoms with Gasteiger partial charge in [0.25, 0.3) is 0 Å². The Kier molecular flexibility index (Phi) is 3.76. The first kappa shape index (κ1) is 13.6. The second kappa shape index (κ2) is 5.54. The van der Waals surface area contributed by atoms with Crippen molar-refractivity contribution in [1.82, 2.24) is 4.90 Å². The lowest BCUT2D eigenvalue weighted by Gasteiger charge is -2.33. The van der Waals surface area contributed by atoms with Gasteiger partial charge in [0.1, 0.15) is 5.70 Å². The van der Waals surface area contributed by atoms with Gasteiger partial charge >= 0.3 is 5.97 Å². The summed E-state index contributed by atoms with van der Waals surface area (Å²) >= 11 is 3.23. The molecular weight excluding hydrogens is 294 g/mol. The van der Waals surface area contributed by atoms with Crippen LogP contribution in [0.1, 0.15) is 12.8 Å². The highest BCUT2D eigenvalue weighted by Crippen LogP contribution is 2.47. The number of fused-ring (bicyclic) bond motifs is 1. The number of aliphatic carboxylic acids is 1. The molecule has 1 aromatic carbocycles. The zero-order chi connectivity index (χ0) is 14.1. The van der Waals surface area contributed by atoms with Crippen LogP contribution < -0.4 is 0 Å². The zero-order valence-corrected chi connectivity index (χ0v) is 12.2. The molecule has 1 aromatic rings. The first-order valence-electron chi connectivity index (χ1n) is 6.30. The van der Waals surface area contributed by atoms with Gasteiger partial charge in [-0.05, 0) is 18.6 Å². The molecule has 2 aliphatic rings. The van der Waals surface area contributed by atoms with E-state index in [-0.39, 0.29) is 17.0 Å². The number of β-lactam (4-membered cyclic amide) rings is 1. The molecule has 1 amide bonds. The molecule has 1 atom stereocenters. The number of allylic oxidation sites excluding steroid dienone is 1. The smallest absolute Gasteiger partial charge is 0.353 e. The van der Waals surface area contributed by atoms with Gasteiger partial charge < -0.3 is 5.11 Å². The Morgan fingerprint density at radius 2 is 2.15 bits per heavy atom. The SMILES string of the molecule is O=C(O)C1=C(CCSc2ccccc2)SC2CC(=O)N12. The molecule has 2 heterocycles. The highest BCUT2D eigenvalue weighted by atomic mass is 32.2. The maximum Gasteiger partial charge on any atom is 0.353 e.